The number of pyridine rings is 1. The van der Waals surface area contributed by atoms with Crippen molar-refractivity contribution in [1.29, 1.82) is 0 Å². The Morgan fingerprint density at radius 2 is 2.16 bits per heavy atom. The van der Waals surface area contributed by atoms with Crippen LogP contribution in [-0.4, -0.2) is 30.3 Å². The van der Waals surface area contributed by atoms with Gasteiger partial charge in [-0.2, -0.15) is 0 Å². The first-order valence-electron chi connectivity index (χ1n) is 6.60. The molecule has 1 aliphatic heterocycles. The van der Waals surface area contributed by atoms with Gasteiger partial charge in [0.05, 0.1) is 12.1 Å². The van der Waals surface area contributed by atoms with Gasteiger partial charge in [0.15, 0.2) is 23.3 Å². The number of halogens is 2. The predicted molar refractivity (Wildman–Crippen MR) is 70.4 cm³/mol. The lowest BCUT2D eigenvalue weighted by atomic mass is 10.1. The van der Waals surface area contributed by atoms with E-state index in [0.717, 1.165) is 25.5 Å². The third-order valence-corrected chi connectivity index (χ3v) is 3.16. The molecule has 0 aromatic carbocycles. The van der Waals surface area contributed by atoms with Crippen molar-refractivity contribution in [2.24, 2.45) is 0 Å². The molecule has 1 fully saturated rings. The number of ether oxygens (including phenoxy) is 1. The highest BCUT2D eigenvalue weighted by Crippen LogP contribution is 2.22. The molecule has 0 amide bonds. The van der Waals surface area contributed by atoms with E-state index < -0.39 is 11.6 Å². The minimum Gasteiger partial charge on any atom is -0.376 e. The summed E-state index contributed by atoms with van der Waals surface area (Å²) >= 11 is 0. The number of hydrogen-bond donors (Lipinski definition) is 2. The third-order valence-electron chi connectivity index (χ3n) is 3.16. The maximum Gasteiger partial charge on any atom is 0.168 e. The van der Waals surface area contributed by atoms with Gasteiger partial charge in [0.2, 0.25) is 0 Å². The van der Waals surface area contributed by atoms with Crippen LogP contribution in [0.4, 0.5) is 20.4 Å². The minimum absolute atomic E-state index is 0.0498. The van der Waals surface area contributed by atoms with Crippen LogP contribution < -0.4 is 10.6 Å². The summed E-state index contributed by atoms with van der Waals surface area (Å²) in [4.78, 5) is 3.95. The maximum absolute atomic E-state index is 13.7. The topological polar surface area (TPSA) is 46.2 Å². The molecule has 2 N–H and O–H groups in total. The van der Waals surface area contributed by atoms with Crippen LogP contribution in [-0.2, 0) is 4.74 Å². The van der Waals surface area contributed by atoms with Gasteiger partial charge < -0.3 is 15.4 Å². The maximum atomic E-state index is 13.7. The van der Waals surface area contributed by atoms with Crippen molar-refractivity contribution in [2.45, 2.75) is 38.8 Å². The van der Waals surface area contributed by atoms with Crippen LogP contribution in [0.3, 0.4) is 0 Å². The number of nitrogens with zero attached hydrogens (tertiary/aromatic N) is 1. The second kappa shape index (κ2) is 6.14. The summed E-state index contributed by atoms with van der Waals surface area (Å²) in [6.07, 6.45) is 2.00. The highest BCUT2D eigenvalue weighted by Gasteiger charge is 2.23. The van der Waals surface area contributed by atoms with Crippen LogP contribution in [0.5, 0.6) is 0 Å². The molecule has 0 aliphatic carbocycles. The van der Waals surface area contributed by atoms with Gasteiger partial charge in [0, 0.05) is 19.2 Å². The van der Waals surface area contributed by atoms with Crippen LogP contribution in [0.15, 0.2) is 6.07 Å². The van der Waals surface area contributed by atoms with Crippen molar-refractivity contribution in [3.63, 3.8) is 0 Å². The Morgan fingerprint density at radius 3 is 2.79 bits per heavy atom. The molecule has 4 nitrogen and oxygen atoms in total. The molecule has 0 bridgehead atoms. The Kier molecular flexibility index (Phi) is 4.52. The van der Waals surface area contributed by atoms with E-state index in [2.05, 4.69) is 15.6 Å². The fourth-order valence-corrected chi connectivity index (χ4v) is 2.16. The number of aromatic nitrogens is 1. The highest BCUT2D eigenvalue weighted by atomic mass is 19.1. The summed E-state index contributed by atoms with van der Waals surface area (Å²) in [6.45, 7) is 4.99. The van der Waals surface area contributed by atoms with Crippen molar-refractivity contribution in [1.82, 2.24) is 4.98 Å². The van der Waals surface area contributed by atoms with Crippen molar-refractivity contribution in [3.05, 3.63) is 17.7 Å². The monoisotopic (exact) mass is 271 g/mol. The van der Waals surface area contributed by atoms with Gasteiger partial charge in [-0.15, -0.1) is 0 Å². The second-order valence-corrected chi connectivity index (χ2v) is 4.66. The van der Waals surface area contributed by atoms with Gasteiger partial charge in [0.1, 0.15) is 0 Å². The standard InChI is InChI=1S/C13H19F2N3O/c1-3-16-12-9(14)7-10(15)13(18-12)17-8(2)11-5-4-6-19-11/h7-8,11H,3-6H2,1-2H3,(H2,16,17,18). The summed E-state index contributed by atoms with van der Waals surface area (Å²) < 4.78 is 32.6. The fraction of sp³-hybridized carbons (Fsp3) is 0.615. The Balaban J connectivity index is 2.12. The highest BCUT2D eigenvalue weighted by molar-refractivity contribution is 5.48. The quantitative estimate of drug-likeness (QED) is 0.864. The molecule has 106 valence electrons. The van der Waals surface area contributed by atoms with E-state index in [0.29, 0.717) is 6.54 Å². The lowest BCUT2D eigenvalue weighted by Crippen LogP contribution is -2.31. The SMILES string of the molecule is CCNc1nc(NC(C)C2CCCO2)c(F)cc1F. The van der Waals surface area contributed by atoms with Gasteiger partial charge in [-0.1, -0.05) is 0 Å². The lowest BCUT2D eigenvalue weighted by Gasteiger charge is -2.21. The average molecular weight is 271 g/mol. The summed E-state index contributed by atoms with van der Waals surface area (Å²) in [5, 5.41) is 5.72. The smallest absolute Gasteiger partial charge is 0.168 e. The van der Waals surface area contributed by atoms with E-state index in [1.54, 1.807) is 0 Å². The number of anilines is 2. The molecule has 1 aliphatic rings. The fourth-order valence-electron chi connectivity index (χ4n) is 2.16. The number of hydrogen-bond acceptors (Lipinski definition) is 4. The molecule has 2 heterocycles. The normalized spacial score (nSPS) is 20.3. The van der Waals surface area contributed by atoms with E-state index in [-0.39, 0.29) is 23.8 Å². The molecule has 1 aromatic rings. The van der Waals surface area contributed by atoms with Crippen molar-refractivity contribution >= 4 is 11.6 Å². The molecule has 2 atom stereocenters. The van der Waals surface area contributed by atoms with Crippen molar-refractivity contribution in [2.75, 3.05) is 23.8 Å². The lowest BCUT2D eigenvalue weighted by molar-refractivity contribution is 0.0995. The van der Waals surface area contributed by atoms with E-state index >= 15 is 0 Å². The Morgan fingerprint density at radius 1 is 1.42 bits per heavy atom. The van der Waals surface area contributed by atoms with E-state index in [1.807, 2.05) is 13.8 Å². The van der Waals surface area contributed by atoms with Gasteiger partial charge >= 0.3 is 0 Å². The zero-order valence-corrected chi connectivity index (χ0v) is 11.2. The van der Waals surface area contributed by atoms with Crippen molar-refractivity contribution < 1.29 is 13.5 Å². The summed E-state index contributed by atoms with van der Waals surface area (Å²) in [6, 6.07) is 0.777. The minimum atomic E-state index is -0.691. The largest absolute Gasteiger partial charge is 0.376 e. The summed E-state index contributed by atoms with van der Waals surface area (Å²) in [5.41, 5.74) is 0. The van der Waals surface area contributed by atoms with Gasteiger partial charge in [-0.05, 0) is 26.7 Å². The Bertz CT molecular complexity index is 436. The first-order chi connectivity index (χ1) is 9.11. The van der Waals surface area contributed by atoms with Gasteiger partial charge in [0.25, 0.3) is 0 Å². The molecular formula is C13H19F2N3O. The zero-order valence-electron chi connectivity index (χ0n) is 11.2. The Labute approximate surface area is 111 Å². The molecule has 0 saturated carbocycles. The molecule has 1 saturated heterocycles. The molecule has 19 heavy (non-hydrogen) atoms. The van der Waals surface area contributed by atoms with Gasteiger partial charge in [-0.3, -0.25) is 0 Å². The molecular weight excluding hydrogens is 252 g/mol. The summed E-state index contributed by atoms with van der Waals surface area (Å²) in [7, 11) is 0. The zero-order chi connectivity index (χ0) is 13.8. The molecule has 2 rings (SSSR count). The van der Waals surface area contributed by atoms with E-state index in [9.17, 15) is 8.78 Å². The Hall–Kier alpha value is -1.43. The van der Waals surface area contributed by atoms with Gasteiger partial charge in [-0.25, -0.2) is 13.8 Å². The number of nitrogens with one attached hydrogen (secondary N) is 2. The van der Waals surface area contributed by atoms with E-state index in [1.165, 1.54) is 0 Å². The molecule has 0 spiro atoms. The third kappa shape index (κ3) is 3.32. The first kappa shape index (κ1) is 14.0. The molecule has 2 unspecified atom stereocenters. The van der Waals surface area contributed by atoms with Crippen LogP contribution in [0, 0.1) is 11.6 Å². The number of rotatable bonds is 5. The van der Waals surface area contributed by atoms with Crippen molar-refractivity contribution in [3.8, 4) is 0 Å². The molecule has 6 heteroatoms. The molecule has 1 aromatic heterocycles. The van der Waals surface area contributed by atoms with Crippen LogP contribution >= 0.6 is 0 Å². The van der Waals surface area contributed by atoms with Crippen LogP contribution in [0.2, 0.25) is 0 Å². The van der Waals surface area contributed by atoms with E-state index in [4.69, 9.17) is 4.74 Å². The summed E-state index contributed by atoms with van der Waals surface area (Å²) in [5.74, 6) is -1.26. The average Bonchev–Trinajstić information content (AvgIpc) is 2.89. The first-order valence-corrected chi connectivity index (χ1v) is 6.60. The van der Waals surface area contributed by atoms with Crippen LogP contribution in [0.25, 0.3) is 0 Å². The van der Waals surface area contributed by atoms with Crippen LogP contribution in [0.1, 0.15) is 26.7 Å². The predicted octanol–water partition coefficient (Wildman–Crippen LogP) is 2.77. The second-order valence-electron chi connectivity index (χ2n) is 4.66. The molecule has 0 radical (unpaired) electrons.